The van der Waals surface area contributed by atoms with Crippen LogP contribution in [0.3, 0.4) is 0 Å². The number of carbonyl (C=O) groups is 1. The fourth-order valence-corrected chi connectivity index (χ4v) is 2.60. The summed E-state index contributed by atoms with van der Waals surface area (Å²) in [6.45, 7) is 7.10. The highest BCUT2D eigenvalue weighted by molar-refractivity contribution is 5.75. The first-order valence-electron chi connectivity index (χ1n) is 6.99. The number of benzene rings is 1. The Morgan fingerprint density at radius 2 is 1.95 bits per heavy atom. The van der Waals surface area contributed by atoms with E-state index in [4.69, 9.17) is 9.47 Å². The van der Waals surface area contributed by atoms with Gasteiger partial charge in [0.05, 0.1) is 13.0 Å². The maximum atomic E-state index is 12.3. The zero-order valence-corrected chi connectivity index (χ0v) is 12.6. The van der Waals surface area contributed by atoms with Crippen molar-refractivity contribution in [1.82, 2.24) is 5.32 Å². The van der Waals surface area contributed by atoms with Crippen molar-refractivity contribution in [2.24, 2.45) is 5.92 Å². The van der Waals surface area contributed by atoms with Crippen LogP contribution in [0.5, 0.6) is 5.75 Å². The van der Waals surface area contributed by atoms with Crippen LogP contribution in [0.4, 0.5) is 0 Å². The molecule has 1 fully saturated rings. The number of methoxy groups -OCH3 is 1. The average Bonchev–Trinajstić information content (AvgIpc) is 2.85. The van der Waals surface area contributed by atoms with Crippen molar-refractivity contribution < 1.29 is 14.3 Å². The van der Waals surface area contributed by atoms with E-state index in [1.165, 1.54) is 0 Å². The van der Waals surface area contributed by atoms with Gasteiger partial charge in [-0.05, 0) is 32.4 Å². The monoisotopic (exact) mass is 277 g/mol. The highest BCUT2D eigenvalue weighted by Crippen LogP contribution is 2.35. The largest absolute Gasteiger partial charge is 0.496 e. The van der Waals surface area contributed by atoms with Crippen molar-refractivity contribution in [2.45, 2.75) is 32.3 Å². The fraction of sp³-hybridized carbons (Fsp3) is 0.562. The predicted octanol–water partition coefficient (Wildman–Crippen LogP) is 2.34. The van der Waals surface area contributed by atoms with Gasteiger partial charge in [0, 0.05) is 19.0 Å². The molecule has 1 saturated heterocycles. The summed E-state index contributed by atoms with van der Waals surface area (Å²) in [6, 6.07) is 7.86. The minimum absolute atomic E-state index is 0.0981. The Morgan fingerprint density at radius 3 is 2.60 bits per heavy atom. The van der Waals surface area contributed by atoms with Gasteiger partial charge >= 0.3 is 5.97 Å². The minimum atomic E-state index is -0.453. The topological polar surface area (TPSA) is 47.6 Å². The molecule has 1 aromatic carbocycles. The molecule has 1 aromatic rings. The van der Waals surface area contributed by atoms with Crippen LogP contribution >= 0.6 is 0 Å². The lowest BCUT2D eigenvalue weighted by Crippen LogP contribution is -2.31. The van der Waals surface area contributed by atoms with E-state index in [9.17, 15) is 4.79 Å². The van der Waals surface area contributed by atoms with E-state index in [2.05, 4.69) is 5.32 Å². The first-order chi connectivity index (χ1) is 9.42. The summed E-state index contributed by atoms with van der Waals surface area (Å²) in [4.78, 5) is 12.3. The number of ether oxygens (including phenoxy) is 2. The normalized spacial score (nSPS) is 22.6. The molecule has 0 aromatic heterocycles. The van der Waals surface area contributed by atoms with Crippen LogP contribution in [-0.4, -0.2) is 31.8 Å². The van der Waals surface area contributed by atoms with Crippen LogP contribution in [0, 0.1) is 5.92 Å². The Hall–Kier alpha value is -1.55. The van der Waals surface area contributed by atoms with E-state index in [-0.39, 0.29) is 17.8 Å². The highest BCUT2D eigenvalue weighted by Gasteiger charge is 2.37. The van der Waals surface area contributed by atoms with E-state index < -0.39 is 5.60 Å². The van der Waals surface area contributed by atoms with E-state index in [1.807, 2.05) is 45.0 Å². The van der Waals surface area contributed by atoms with Gasteiger partial charge in [-0.1, -0.05) is 18.2 Å². The van der Waals surface area contributed by atoms with Crippen molar-refractivity contribution >= 4 is 5.97 Å². The van der Waals surface area contributed by atoms with Crippen LogP contribution < -0.4 is 10.1 Å². The van der Waals surface area contributed by atoms with Gasteiger partial charge in [-0.3, -0.25) is 4.79 Å². The van der Waals surface area contributed by atoms with Crippen LogP contribution in [-0.2, 0) is 9.53 Å². The fourth-order valence-electron chi connectivity index (χ4n) is 2.60. The van der Waals surface area contributed by atoms with Gasteiger partial charge < -0.3 is 14.8 Å². The smallest absolute Gasteiger partial charge is 0.311 e. The lowest BCUT2D eigenvalue weighted by Gasteiger charge is -2.25. The summed E-state index contributed by atoms with van der Waals surface area (Å²) in [5, 5.41) is 3.28. The second-order valence-corrected chi connectivity index (χ2v) is 6.15. The van der Waals surface area contributed by atoms with Gasteiger partial charge in [-0.25, -0.2) is 0 Å². The Labute approximate surface area is 120 Å². The van der Waals surface area contributed by atoms with E-state index in [0.29, 0.717) is 6.54 Å². The molecule has 0 saturated carbocycles. The molecule has 2 atom stereocenters. The first kappa shape index (κ1) is 14.9. The van der Waals surface area contributed by atoms with Crippen LogP contribution in [0.25, 0.3) is 0 Å². The van der Waals surface area contributed by atoms with E-state index >= 15 is 0 Å². The molecule has 110 valence electrons. The summed E-state index contributed by atoms with van der Waals surface area (Å²) >= 11 is 0. The summed E-state index contributed by atoms with van der Waals surface area (Å²) in [5.41, 5.74) is 0.612. The second-order valence-electron chi connectivity index (χ2n) is 6.15. The van der Waals surface area contributed by atoms with Crippen LogP contribution in [0.15, 0.2) is 24.3 Å². The molecule has 1 N–H and O–H groups in total. The third-order valence-electron chi connectivity index (χ3n) is 3.46. The zero-order valence-electron chi connectivity index (χ0n) is 12.6. The van der Waals surface area contributed by atoms with Gasteiger partial charge in [0.2, 0.25) is 0 Å². The molecule has 0 radical (unpaired) electrons. The molecule has 1 aliphatic rings. The Morgan fingerprint density at radius 1 is 1.25 bits per heavy atom. The summed E-state index contributed by atoms with van der Waals surface area (Å²) in [6.07, 6.45) is 0. The Bertz CT molecular complexity index is 479. The molecule has 4 nitrogen and oxygen atoms in total. The molecule has 0 bridgehead atoms. The maximum absolute atomic E-state index is 12.3. The molecular formula is C16H23NO3. The number of para-hydroxylation sites is 1. The SMILES string of the molecule is COc1ccccc1C1CNCC1C(=O)OC(C)(C)C. The maximum Gasteiger partial charge on any atom is 0.311 e. The molecule has 2 rings (SSSR count). The minimum Gasteiger partial charge on any atom is -0.496 e. The summed E-state index contributed by atoms with van der Waals surface area (Å²) in [5.74, 6) is 0.625. The van der Waals surface area contributed by atoms with Crippen LogP contribution in [0.1, 0.15) is 32.3 Å². The molecule has 0 amide bonds. The average molecular weight is 277 g/mol. The molecule has 0 spiro atoms. The van der Waals surface area contributed by atoms with E-state index in [1.54, 1.807) is 7.11 Å². The highest BCUT2D eigenvalue weighted by atomic mass is 16.6. The molecule has 1 aliphatic heterocycles. The van der Waals surface area contributed by atoms with Gasteiger partial charge in [-0.15, -0.1) is 0 Å². The quantitative estimate of drug-likeness (QED) is 0.862. The lowest BCUT2D eigenvalue weighted by atomic mass is 9.88. The van der Waals surface area contributed by atoms with Crippen molar-refractivity contribution in [1.29, 1.82) is 0 Å². The summed E-state index contributed by atoms with van der Waals surface area (Å²) in [7, 11) is 1.66. The van der Waals surface area contributed by atoms with Gasteiger partial charge in [-0.2, -0.15) is 0 Å². The molecular weight excluding hydrogens is 254 g/mol. The van der Waals surface area contributed by atoms with Crippen molar-refractivity contribution in [3.63, 3.8) is 0 Å². The summed E-state index contributed by atoms with van der Waals surface area (Å²) < 4.78 is 10.9. The van der Waals surface area contributed by atoms with Gasteiger partial charge in [0.25, 0.3) is 0 Å². The third-order valence-corrected chi connectivity index (χ3v) is 3.46. The number of hydrogen-bond acceptors (Lipinski definition) is 4. The second kappa shape index (κ2) is 5.83. The first-order valence-corrected chi connectivity index (χ1v) is 6.99. The number of hydrogen-bond donors (Lipinski definition) is 1. The zero-order chi connectivity index (χ0) is 14.8. The predicted molar refractivity (Wildman–Crippen MR) is 77.9 cm³/mol. The number of rotatable bonds is 3. The number of nitrogens with one attached hydrogen (secondary N) is 1. The van der Waals surface area contributed by atoms with Gasteiger partial charge in [0.15, 0.2) is 0 Å². The Balaban J connectivity index is 2.21. The van der Waals surface area contributed by atoms with Crippen molar-refractivity contribution in [3.8, 4) is 5.75 Å². The lowest BCUT2D eigenvalue weighted by molar-refractivity contribution is -0.159. The van der Waals surface area contributed by atoms with Crippen molar-refractivity contribution in [2.75, 3.05) is 20.2 Å². The Kier molecular flexibility index (Phi) is 4.33. The molecule has 2 unspecified atom stereocenters. The number of carbonyl (C=O) groups excluding carboxylic acids is 1. The van der Waals surface area contributed by atoms with Gasteiger partial charge in [0.1, 0.15) is 11.4 Å². The molecule has 0 aliphatic carbocycles. The number of esters is 1. The molecule has 4 heteroatoms. The molecule has 1 heterocycles. The van der Waals surface area contributed by atoms with E-state index in [0.717, 1.165) is 17.9 Å². The third kappa shape index (κ3) is 3.31. The van der Waals surface area contributed by atoms with Crippen molar-refractivity contribution in [3.05, 3.63) is 29.8 Å². The standard InChI is InChI=1S/C16H23NO3/c1-16(2,3)20-15(18)13-10-17-9-12(13)11-7-5-6-8-14(11)19-4/h5-8,12-13,17H,9-10H2,1-4H3. The van der Waals surface area contributed by atoms with Crippen LogP contribution in [0.2, 0.25) is 0 Å². The molecule has 20 heavy (non-hydrogen) atoms.